The zero-order valence-electron chi connectivity index (χ0n) is 11.3. The average molecular weight is 226 g/mol. The summed E-state index contributed by atoms with van der Waals surface area (Å²) in [4.78, 5) is 2.70. The molecule has 2 N–H and O–H groups in total. The van der Waals surface area contributed by atoms with E-state index in [9.17, 15) is 0 Å². The van der Waals surface area contributed by atoms with Crippen LogP contribution in [0.2, 0.25) is 0 Å². The zero-order chi connectivity index (χ0) is 11.8. The third kappa shape index (κ3) is 4.42. The molecule has 16 heavy (non-hydrogen) atoms. The lowest BCUT2D eigenvalue weighted by atomic mass is 9.96. The third-order valence-corrected chi connectivity index (χ3v) is 4.18. The summed E-state index contributed by atoms with van der Waals surface area (Å²) in [6.45, 7) is 8.14. The van der Waals surface area contributed by atoms with E-state index in [1.54, 1.807) is 0 Å². The summed E-state index contributed by atoms with van der Waals surface area (Å²) in [7, 11) is 0. The molecule has 0 radical (unpaired) electrons. The lowest BCUT2D eigenvalue weighted by Crippen LogP contribution is -2.30. The largest absolute Gasteiger partial charge is 0.330 e. The van der Waals surface area contributed by atoms with Gasteiger partial charge in [0.25, 0.3) is 0 Å². The molecule has 1 rings (SSSR count). The average Bonchev–Trinajstić information content (AvgIpc) is 2.75. The first-order valence-corrected chi connectivity index (χ1v) is 7.25. The van der Waals surface area contributed by atoms with Gasteiger partial charge in [-0.2, -0.15) is 0 Å². The first-order chi connectivity index (χ1) is 7.81. The Hall–Kier alpha value is -0.0800. The Kier molecular flexibility index (Phi) is 7.06. The molecule has 2 atom stereocenters. The number of nitrogens with zero attached hydrogens (tertiary/aromatic N) is 1. The van der Waals surface area contributed by atoms with Crippen LogP contribution >= 0.6 is 0 Å². The summed E-state index contributed by atoms with van der Waals surface area (Å²) in [5, 5.41) is 0. The summed E-state index contributed by atoms with van der Waals surface area (Å²) >= 11 is 0. The van der Waals surface area contributed by atoms with Gasteiger partial charge >= 0.3 is 0 Å². The molecule has 0 bridgehead atoms. The number of rotatable bonds is 8. The second-order valence-electron chi connectivity index (χ2n) is 5.23. The van der Waals surface area contributed by atoms with Gasteiger partial charge in [0, 0.05) is 6.04 Å². The van der Waals surface area contributed by atoms with E-state index in [2.05, 4.69) is 18.7 Å². The Balaban J connectivity index is 2.13. The fourth-order valence-electron chi connectivity index (χ4n) is 3.02. The van der Waals surface area contributed by atoms with Crippen LogP contribution in [0.25, 0.3) is 0 Å². The van der Waals surface area contributed by atoms with Crippen LogP contribution in [0, 0.1) is 5.92 Å². The van der Waals surface area contributed by atoms with Crippen molar-refractivity contribution in [2.24, 2.45) is 11.7 Å². The van der Waals surface area contributed by atoms with Gasteiger partial charge in [0.2, 0.25) is 0 Å². The van der Waals surface area contributed by atoms with Crippen LogP contribution in [0.15, 0.2) is 0 Å². The first kappa shape index (κ1) is 14.0. The maximum atomic E-state index is 5.63. The Morgan fingerprint density at radius 3 is 2.75 bits per heavy atom. The van der Waals surface area contributed by atoms with E-state index in [-0.39, 0.29) is 0 Å². The second kappa shape index (κ2) is 8.08. The predicted octanol–water partition coefficient (Wildman–Crippen LogP) is 3.02. The molecule has 1 aliphatic heterocycles. The van der Waals surface area contributed by atoms with Crippen molar-refractivity contribution in [3.63, 3.8) is 0 Å². The summed E-state index contributed by atoms with van der Waals surface area (Å²) in [5.41, 5.74) is 5.63. The highest BCUT2D eigenvalue weighted by Crippen LogP contribution is 2.21. The van der Waals surface area contributed by atoms with Crippen molar-refractivity contribution < 1.29 is 0 Å². The molecule has 0 aromatic carbocycles. The van der Waals surface area contributed by atoms with Gasteiger partial charge in [0.1, 0.15) is 0 Å². The lowest BCUT2D eigenvalue weighted by Gasteiger charge is -2.24. The van der Waals surface area contributed by atoms with Crippen molar-refractivity contribution in [1.82, 2.24) is 4.90 Å². The lowest BCUT2D eigenvalue weighted by molar-refractivity contribution is 0.235. The second-order valence-corrected chi connectivity index (χ2v) is 5.23. The van der Waals surface area contributed by atoms with Crippen LogP contribution < -0.4 is 5.73 Å². The smallest absolute Gasteiger partial charge is 0.00931 e. The van der Waals surface area contributed by atoms with Crippen molar-refractivity contribution in [3.8, 4) is 0 Å². The summed E-state index contributed by atoms with van der Waals surface area (Å²) < 4.78 is 0. The minimum absolute atomic E-state index is 0.861. The Bertz CT molecular complexity index is 170. The molecule has 1 aliphatic rings. The van der Waals surface area contributed by atoms with Crippen LogP contribution in [0.3, 0.4) is 0 Å². The highest BCUT2D eigenvalue weighted by molar-refractivity contribution is 4.77. The SMILES string of the molecule is CCC(CCN)CCCN1CCCC1CC. The fraction of sp³-hybridized carbons (Fsp3) is 1.00. The van der Waals surface area contributed by atoms with E-state index in [1.165, 1.54) is 58.0 Å². The fourth-order valence-corrected chi connectivity index (χ4v) is 3.02. The summed E-state index contributed by atoms with van der Waals surface area (Å²) in [6.07, 6.45) is 9.44. The summed E-state index contributed by atoms with van der Waals surface area (Å²) in [6, 6.07) is 0.884. The molecule has 0 aliphatic carbocycles. The third-order valence-electron chi connectivity index (χ3n) is 4.18. The van der Waals surface area contributed by atoms with Gasteiger partial charge in [-0.3, -0.25) is 0 Å². The van der Waals surface area contributed by atoms with E-state index >= 15 is 0 Å². The topological polar surface area (TPSA) is 29.3 Å². The van der Waals surface area contributed by atoms with Gasteiger partial charge in [-0.15, -0.1) is 0 Å². The van der Waals surface area contributed by atoms with Crippen LogP contribution in [0.4, 0.5) is 0 Å². The highest BCUT2D eigenvalue weighted by atomic mass is 15.2. The minimum atomic E-state index is 0.861. The predicted molar refractivity (Wildman–Crippen MR) is 71.6 cm³/mol. The standard InChI is InChI=1S/C14H30N2/c1-3-13(9-10-15)7-5-11-16-12-6-8-14(16)4-2/h13-14H,3-12,15H2,1-2H3. The molecule has 1 saturated heterocycles. The molecule has 96 valence electrons. The quantitative estimate of drug-likeness (QED) is 0.689. The van der Waals surface area contributed by atoms with E-state index < -0.39 is 0 Å². The molecule has 2 unspecified atom stereocenters. The number of likely N-dealkylation sites (tertiary alicyclic amines) is 1. The van der Waals surface area contributed by atoms with Gasteiger partial charge in [-0.1, -0.05) is 20.3 Å². The van der Waals surface area contributed by atoms with E-state index in [1.807, 2.05) is 0 Å². The summed E-state index contributed by atoms with van der Waals surface area (Å²) in [5.74, 6) is 0.868. The first-order valence-electron chi connectivity index (χ1n) is 7.25. The van der Waals surface area contributed by atoms with E-state index in [0.717, 1.165) is 18.5 Å². The van der Waals surface area contributed by atoms with Gasteiger partial charge in [0.15, 0.2) is 0 Å². The molecular formula is C14H30N2. The Morgan fingerprint density at radius 2 is 2.12 bits per heavy atom. The molecule has 0 saturated carbocycles. The van der Waals surface area contributed by atoms with Crippen molar-refractivity contribution in [2.45, 2.75) is 64.8 Å². The van der Waals surface area contributed by atoms with Gasteiger partial charge in [0.05, 0.1) is 0 Å². The van der Waals surface area contributed by atoms with Gasteiger partial charge in [-0.25, -0.2) is 0 Å². The highest BCUT2D eigenvalue weighted by Gasteiger charge is 2.21. The maximum absolute atomic E-state index is 5.63. The molecule has 0 spiro atoms. The van der Waals surface area contributed by atoms with E-state index in [4.69, 9.17) is 5.73 Å². The Labute approximate surface area is 102 Å². The van der Waals surface area contributed by atoms with Crippen LogP contribution in [-0.4, -0.2) is 30.6 Å². The molecular weight excluding hydrogens is 196 g/mol. The van der Waals surface area contributed by atoms with Crippen molar-refractivity contribution in [2.75, 3.05) is 19.6 Å². The minimum Gasteiger partial charge on any atom is -0.330 e. The van der Waals surface area contributed by atoms with Crippen molar-refractivity contribution >= 4 is 0 Å². The maximum Gasteiger partial charge on any atom is 0.00931 e. The zero-order valence-corrected chi connectivity index (χ0v) is 11.3. The normalized spacial score (nSPS) is 23.8. The van der Waals surface area contributed by atoms with Crippen LogP contribution in [0.5, 0.6) is 0 Å². The van der Waals surface area contributed by atoms with E-state index in [0.29, 0.717) is 0 Å². The molecule has 2 nitrogen and oxygen atoms in total. The van der Waals surface area contributed by atoms with Crippen molar-refractivity contribution in [3.05, 3.63) is 0 Å². The molecule has 1 heterocycles. The van der Waals surface area contributed by atoms with Crippen LogP contribution in [0.1, 0.15) is 58.8 Å². The molecule has 0 aromatic heterocycles. The molecule has 1 fully saturated rings. The van der Waals surface area contributed by atoms with Gasteiger partial charge in [-0.05, 0) is 64.1 Å². The van der Waals surface area contributed by atoms with Crippen molar-refractivity contribution in [1.29, 1.82) is 0 Å². The molecule has 0 amide bonds. The monoisotopic (exact) mass is 226 g/mol. The van der Waals surface area contributed by atoms with Crippen LogP contribution in [-0.2, 0) is 0 Å². The number of hydrogen-bond acceptors (Lipinski definition) is 2. The number of hydrogen-bond donors (Lipinski definition) is 1. The van der Waals surface area contributed by atoms with Gasteiger partial charge < -0.3 is 10.6 Å². The number of nitrogens with two attached hydrogens (primary N) is 1. The Morgan fingerprint density at radius 1 is 1.31 bits per heavy atom. The molecule has 0 aromatic rings. The molecule has 2 heteroatoms.